The Morgan fingerprint density at radius 2 is 1.61 bits per heavy atom. The maximum absolute atomic E-state index is 12.1. The van der Waals surface area contributed by atoms with Crippen molar-refractivity contribution >= 4 is 24.0 Å². The van der Waals surface area contributed by atoms with Crippen molar-refractivity contribution in [2.24, 2.45) is 0 Å². The van der Waals surface area contributed by atoms with Crippen LogP contribution in [0.25, 0.3) is 0 Å². The number of nitrogens with two attached hydrogens (primary N) is 1. The normalized spacial score (nSPS) is 9.67. The van der Waals surface area contributed by atoms with E-state index < -0.39 is 0 Å². The van der Waals surface area contributed by atoms with E-state index in [-0.39, 0.29) is 18.3 Å². The highest BCUT2D eigenvalue weighted by Crippen LogP contribution is 2.08. The first-order valence-electron chi connectivity index (χ1n) is 6.29. The highest BCUT2D eigenvalue weighted by atomic mass is 35.5. The molecule has 1 aromatic rings. The van der Waals surface area contributed by atoms with Crippen molar-refractivity contribution in [2.75, 3.05) is 18.8 Å². The Morgan fingerprint density at radius 1 is 1.11 bits per heavy atom. The highest BCUT2D eigenvalue weighted by Gasteiger charge is 2.11. The van der Waals surface area contributed by atoms with E-state index in [1.54, 1.807) is 0 Å². The van der Waals surface area contributed by atoms with Gasteiger partial charge >= 0.3 is 0 Å². The van der Waals surface area contributed by atoms with Crippen LogP contribution >= 0.6 is 12.4 Å². The lowest BCUT2D eigenvalue weighted by atomic mass is 10.1. The molecule has 0 aliphatic heterocycles. The molecule has 1 amide bonds. The standard InChI is InChI=1S/C14H22N2O.ClH/c1-3-9-16(10-4-2)14(17)11-12-5-7-13(15)8-6-12;/h5-8H,3-4,9-11,15H2,1-2H3;1H. The molecule has 4 heteroatoms. The summed E-state index contributed by atoms with van der Waals surface area (Å²) in [4.78, 5) is 14.0. The minimum atomic E-state index is 0. The van der Waals surface area contributed by atoms with Gasteiger partial charge in [0.05, 0.1) is 6.42 Å². The lowest BCUT2D eigenvalue weighted by Crippen LogP contribution is -2.33. The third kappa shape index (κ3) is 5.41. The maximum atomic E-state index is 12.1. The largest absolute Gasteiger partial charge is 0.399 e. The predicted molar refractivity (Wildman–Crippen MR) is 79.0 cm³/mol. The fourth-order valence-electron chi connectivity index (χ4n) is 1.82. The summed E-state index contributed by atoms with van der Waals surface area (Å²) in [5, 5.41) is 0. The van der Waals surface area contributed by atoms with Gasteiger partial charge in [-0.05, 0) is 30.5 Å². The van der Waals surface area contributed by atoms with Gasteiger partial charge in [0.25, 0.3) is 0 Å². The third-order valence-electron chi connectivity index (χ3n) is 2.67. The van der Waals surface area contributed by atoms with Gasteiger partial charge in [0.2, 0.25) is 5.91 Å². The summed E-state index contributed by atoms with van der Waals surface area (Å²) in [6.45, 7) is 5.89. The minimum Gasteiger partial charge on any atom is -0.399 e. The Labute approximate surface area is 116 Å². The molecule has 0 radical (unpaired) electrons. The Balaban J connectivity index is 0.00000289. The molecule has 2 N–H and O–H groups in total. The molecule has 0 aromatic heterocycles. The molecule has 0 saturated carbocycles. The third-order valence-corrected chi connectivity index (χ3v) is 2.67. The first-order valence-corrected chi connectivity index (χ1v) is 6.29. The van der Waals surface area contributed by atoms with E-state index in [9.17, 15) is 4.79 Å². The zero-order chi connectivity index (χ0) is 12.7. The van der Waals surface area contributed by atoms with Crippen LogP contribution < -0.4 is 5.73 Å². The molecule has 0 spiro atoms. The summed E-state index contributed by atoms with van der Waals surface area (Å²) in [7, 11) is 0. The number of nitrogen functional groups attached to an aromatic ring is 1. The van der Waals surface area contributed by atoms with Gasteiger partial charge in [-0.25, -0.2) is 0 Å². The van der Waals surface area contributed by atoms with Gasteiger partial charge in [-0.15, -0.1) is 12.4 Å². The van der Waals surface area contributed by atoms with Crippen molar-refractivity contribution in [3.63, 3.8) is 0 Å². The summed E-state index contributed by atoms with van der Waals surface area (Å²) >= 11 is 0. The van der Waals surface area contributed by atoms with Crippen molar-refractivity contribution in [3.05, 3.63) is 29.8 Å². The molecule has 18 heavy (non-hydrogen) atoms. The average Bonchev–Trinajstić information content (AvgIpc) is 2.32. The van der Waals surface area contributed by atoms with E-state index in [0.29, 0.717) is 6.42 Å². The summed E-state index contributed by atoms with van der Waals surface area (Å²) in [5.74, 6) is 0.207. The highest BCUT2D eigenvalue weighted by molar-refractivity contribution is 5.85. The number of hydrogen-bond donors (Lipinski definition) is 1. The second kappa shape index (κ2) is 8.81. The SMILES string of the molecule is CCCN(CCC)C(=O)Cc1ccc(N)cc1.Cl. The number of anilines is 1. The van der Waals surface area contributed by atoms with Crippen molar-refractivity contribution in [2.45, 2.75) is 33.1 Å². The van der Waals surface area contributed by atoms with E-state index in [1.807, 2.05) is 29.2 Å². The van der Waals surface area contributed by atoms with Crippen LogP contribution in [0.1, 0.15) is 32.3 Å². The van der Waals surface area contributed by atoms with Crippen LogP contribution in [0, 0.1) is 0 Å². The molecule has 3 nitrogen and oxygen atoms in total. The van der Waals surface area contributed by atoms with Crippen molar-refractivity contribution in [1.29, 1.82) is 0 Å². The van der Waals surface area contributed by atoms with Crippen LogP contribution in [0.4, 0.5) is 5.69 Å². The zero-order valence-corrected chi connectivity index (χ0v) is 12.0. The Kier molecular flexibility index (Phi) is 8.21. The smallest absolute Gasteiger partial charge is 0.226 e. The molecule has 0 aliphatic carbocycles. The Bertz CT molecular complexity index is 345. The summed E-state index contributed by atoms with van der Waals surface area (Å²) in [6.07, 6.45) is 2.49. The zero-order valence-electron chi connectivity index (χ0n) is 11.2. The van der Waals surface area contributed by atoms with Crippen molar-refractivity contribution < 1.29 is 4.79 Å². The molecule has 0 fully saturated rings. The fourth-order valence-corrected chi connectivity index (χ4v) is 1.82. The molecule has 1 rings (SSSR count). The maximum Gasteiger partial charge on any atom is 0.226 e. The second-order valence-corrected chi connectivity index (χ2v) is 4.30. The quantitative estimate of drug-likeness (QED) is 0.808. The Hall–Kier alpha value is -1.22. The van der Waals surface area contributed by atoms with Gasteiger partial charge < -0.3 is 10.6 Å². The topological polar surface area (TPSA) is 46.3 Å². The van der Waals surface area contributed by atoms with E-state index in [4.69, 9.17) is 5.73 Å². The summed E-state index contributed by atoms with van der Waals surface area (Å²) in [6, 6.07) is 7.52. The van der Waals surface area contributed by atoms with Crippen LogP contribution in [0.2, 0.25) is 0 Å². The lowest BCUT2D eigenvalue weighted by molar-refractivity contribution is -0.130. The number of benzene rings is 1. The minimum absolute atomic E-state index is 0. The monoisotopic (exact) mass is 270 g/mol. The van der Waals surface area contributed by atoms with Crippen LogP contribution in [0.3, 0.4) is 0 Å². The summed E-state index contributed by atoms with van der Waals surface area (Å²) in [5.41, 5.74) is 7.38. The van der Waals surface area contributed by atoms with Gasteiger partial charge in [-0.3, -0.25) is 4.79 Å². The second-order valence-electron chi connectivity index (χ2n) is 4.30. The molecule has 0 heterocycles. The number of rotatable bonds is 6. The molecule has 0 unspecified atom stereocenters. The van der Waals surface area contributed by atoms with Gasteiger partial charge in [0, 0.05) is 18.8 Å². The molecule has 102 valence electrons. The number of nitrogens with zero attached hydrogens (tertiary/aromatic N) is 1. The average molecular weight is 271 g/mol. The van der Waals surface area contributed by atoms with E-state index in [1.165, 1.54) is 0 Å². The number of carbonyl (C=O) groups is 1. The molecule has 1 aromatic carbocycles. The van der Waals surface area contributed by atoms with Crippen molar-refractivity contribution in [1.82, 2.24) is 4.90 Å². The molecular weight excluding hydrogens is 248 g/mol. The van der Waals surface area contributed by atoms with Gasteiger partial charge in [0.1, 0.15) is 0 Å². The fraction of sp³-hybridized carbons (Fsp3) is 0.500. The molecule has 0 bridgehead atoms. The lowest BCUT2D eigenvalue weighted by Gasteiger charge is -2.21. The van der Waals surface area contributed by atoms with Gasteiger partial charge in [-0.2, -0.15) is 0 Å². The van der Waals surface area contributed by atoms with Gasteiger partial charge in [0.15, 0.2) is 0 Å². The Morgan fingerprint density at radius 3 is 2.06 bits per heavy atom. The number of halogens is 1. The molecular formula is C14H23ClN2O. The van der Waals surface area contributed by atoms with Crippen LogP contribution in [-0.4, -0.2) is 23.9 Å². The first-order chi connectivity index (χ1) is 8.17. The van der Waals surface area contributed by atoms with Gasteiger partial charge in [-0.1, -0.05) is 26.0 Å². The molecule has 0 atom stereocenters. The predicted octanol–water partition coefficient (Wildman–Crippen LogP) is 2.88. The molecule has 0 aliphatic rings. The number of hydrogen-bond acceptors (Lipinski definition) is 2. The molecule has 0 saturated heterocycles. The van der Waals surface area contributed by atoms with Crippen LogP contribution in [0.5, 0.6) is 0 Å². The van der Waals surface area contributed by atoms with E-state index >= 15 is 0 Å². The van der Waals surface area contributed by atoms with Crippen LogP contribution in [0.15, 0.2) is 24.3 Å². The number of carbonyl (C=O) groups excluding carboxylic acids is 1. The summed E-state index contributed by atoms with van der Waals surface area (Å²) < 4.78 is 0. The van der Waals surface area contributed by atoms with Crippen molar-refractivity contribution in [3.8, 4) is 0 Å². The first kappa shape index (κ1) is 16.8. The van der Waals surface area contributed by atoms with E-state index in [0.717, 1.165) is 37.2 Å². The van der Waals surface area contributed by atoms with Crippen LogP contribution in [-0.2, 0) is 11.2 Å². The van der Waals surface area contributed by atoms with E-state index in [2.05, 4.69) is 13.8 Å². The number of amides is 1.